The second-order valence-corrected chi connectivity index (χ2v) is 5.66. The fourth-order valence-corrected chi connectivity index (χ4v) is 2.29. The number of nitrogens with zero attached hydrogens (tertiary/aromatic N) is 2. The number of nitrogens with two attached hydrogens (primary N) is 1. The van der Waals surface area contributed by atoms with E-state index in [1.807, 2.05) is 18.9 Å². The van der Waals surface area contributed by atoms with Crippen LogP contribution < -0.4 is 11.1 Å². The molecule has 1 aliphatic carbocycles. The summed E-state index contributed by atoms with van der Waals surface area (Å²) >= 11 is 0. The quantitative estimate of drug-likeness (QED) is 0.606. The van der Waals surface area contributed by atoms with Crippen LogP contribution in [0.15, 0.2) is 0 Å². The standard InChI is InChI=1S/C14H28N4O2/c1-4-7-16-13(19)9-18(3)14(20)10-17(2)12(8-15)11-5-6-11/h11-12H,4-10,15H2,1-3H3,(H,16,19). The molecule has 1 fully saturated rings. The average Bonchev–Trinajstić information content (AvgIpc) is 3.21. The first-order valence-electron chi connectivity index (χ1n) is 7.40. The highest BCUT2D eigenvalue weighted by molar-refractivity contribution is 5.85. The maximum Gasteiger partial charge on any atom is 0.239 e. The van der Waals surface area contributed by atoms with Crippen molar-refractivity contribution < 1.29 is 9.59 Å². The molecule has 1 atom stereocenters. The van der Waals surface area contributed by atoms with E-state index in [1.54, 1.807) is 7.05 Å². The zero-order valence-corrected chi connectivity index (χ0v) is 12.9. The molecule has 0 radical (unpaired) electrons. The number of hydrogen-bond donors (Lipinski definition) is 2. The van der Waals surface area contributed by atoms with Crippen LogP contribution >= 0.6 is 0 Å². The van der Waals surface area contributed by atoms with Gasteiger partial charge in [-0.2, -0.15) is 0 Å². The Morgan fingerprint density at radius 2 is 1.95 bits per heavy atom. The first-order valence-corrected chi connectivity index (χ1v) is 7.40. The number of carbonyl (C=O) groups excluding carboxylic acids is 2. The summed E-state index contributed by atoms with van der Waals surface area (Å²) in [6.07, 6.45) is 3.30. The third-order valence-electron chi connectivity index (χ3n) is 3.74. The van der Waals surface area contributed by atoms with E-state index in [0.29, 0.717) is 25.6 Å². The Bertz CT molecular complexity index is 331. The zero-order valence-electron chi connectivity index (χ0n) is 12.9. The maximum absolute atomic E-state index is 12.1. The van der Waals surface area contributed by atoms with Crippen LogP contribution in [-0.4, -0.2) is 67.9 Å². The molecule has 0 spiro atoms. The van der Waals surface area contributed by atoms with Gasteiger partial charge in [0.1, 0.15) is 0 Å². The smallest absolute Gasteiger partial charge is 0.239 e. The molecule has 1 aliphatic rings. The van der Waals surface area contributed by atoms with Gasteiger partial charge in [0.15, 0.2) is 0 Å². The fraction of sp³-hybridized carbons (Fsp3) is 0.857. The maximum atomic E-state index is 12.1. The van der Waals surface area contributed by atoms with Gasteiger partial charge in [0.2, 0.25) is 11.8 Å². The van der Waals surface area contributed by atoms with Crippen LogP contribution in [0.4, 0.5) is 0 Å². The second kappa shape index (κ2) is 8.21. The highest BCUT2D eigenvalue weighted by Crippen LogP contribution is 2.34. The lowest BCUT2D eigenvalue weighted by Crippen LogP contribution is -2.47. The predicted octanol–water partition coefficient (Wildman–Crippen LogP) is -0.360. The Morgan fingerprint density at radius 1 is 1.30 bits per heavy atom. The van der Waals surface area contributed by atoms with E-state index in [-0.39, 0.29) is 24.4 Å². The number of nitrogens with one attached hydrogen (secondary N) is 1. The molecule has 116 valence electrons. The summed E-state index contributed by atoms with van der Waals surface area (Å²) in [5.74, 6) is 0.483. The van der Waals surface area contributed by atoms with Gasteiger partial charge in [-0.3, -0.25) is 14.5 Å². The molecule has 1 unspecified atom stereocenters. The van der Waals surface area contributed by atoms with Crippen LogP contribution in [0.5, 0.6) is 0 Å². The van der Waals surface area contributed by atoms with Gasteiger partial charge in [-0.05, 0) is 32.2 Å². The van der Waals surface area contributed by atoms with Crippen LogP contribution in [0.2, 0.25) is 0 Å². The van der Waals surface area contributed by atoms with Crippen molar-refractivity contribution in [2.75, 3.05) is 40.3 Å². The van der Waals surface area contributed by atoms with Crippen molar-refractivity contribution in [1.82, 2.24) is 15.1 Å². The predicted molar refractivity (Wildman–Crippen MR) is 79.1 cm³/mol. The number of rotatable bonds is 9. The number of carbonyl (C=O) groups is 2. The SMILES string of the molecule is CCCNC(=O)CN(C)C(=O)CN(C)C(CN)C1CC1. The molecule has 0 saturated heterocycles. The lowest BCUT2D eigenvalue weighted by atomic mass is 10.1. The molecule has 0 heterocycles. The van der Waals surface area contributed by atoms with Crippen molar-refractivity contribution in [2.45, 2.75) is 32.2 Å². The lowest BCUT2D eigenvalue weighted by Gasteiger charge is -2.28. The summed E-state index contributed by atoms with van der Waals surface area (Å²) in [6, 6.07) is 0.279. The molecule has 0 aromatic rings. The number of likely N-dealkylation sites (N-methyl/N-ethyl adjacent to an activating group) is 2. The molecule has 6 nitrogen and oxygen atoms in total. The minimum atomic E-state index is -0.108. The Labute approximate surface area is 121 Å². The van der Waals surface area contributed by atoms with Crippen molar-refractivity contribution >= 4 is 11.8 Å². The molecule has 0 aromatic heterocycles. The summed E-state index contributed by atoms with van der Waals surface area (Å²) in [5.41, 5.74) is 5.77. The molecule has 20 heavy (non-hydrogen) atoms. The Kier molecular flexibility index (Phi) is 6.95. The van der Waals surface area contributed by atoms with Crippen LogP contribution in [0.25, 0.3) is 0 Å². The monoisotopic (exact) mass is 284 g/mol. The first kappa shape index (κ1) is 16.9. The third kappa shape index (κ3) is 5.46. The topological polar surface area (TPSA) is 78.7 Å². The van der Waals surface area contributed by atoms with Crippen molar-refractivity contribution in [3.05, 3.63) is 0 Å². The number of amides is 2. The Morgan fingerprint density at radius 3 is 2.45 bits per heavy atom. The molecule has 1 saturated carbocycles. The average molecular weight is 284 g/mol. The summed E-state index contributed by atoms with van der Waals surface area (Å²) < 4.78 is 0. The number of hydrogen-bond acceptors (Lipinski definition) is 4. The van der Waals surface area contributed by atoms with Gasteiger partial charge < -0.3 is 16.0 Å². The molecule has 0 aliphatic heterocycles. The van der Waals surface area contributed by atoms with E-state index in [4.69, 9.17) is 5.73 Å². The van der Waals surface area contributed by atoms with Crippen LogP contribution in [0.3, 0.4) is 0 Å². The minimum absolute atomic E-state index is 0.0433. The third-order valence-corrected chi connectivity index (χ3v) is 3.74. The molecule has 2 amide bonds. The van der Waals surface area contributed by atoms with Crippen molar-refractivity contribution in [3.63, 3.8) is 0 Å². The molecule has 6 heteroatoms. The largest absolute Gasteiger partial charge is 0.355 e. The van der Waals surface area contributed by atoms with E-state index < -0.39 is 0 Å². The van der Waals surface area contributed by atoms with Gasteiger partial charge in [0, 0.05) is 26.2 Å². The molecule has 0 aromatic carbocycles. The van der Waals surface area contributed by atoms with E-state index in [9.17, 15) is 9.59 Å². The van der Waals surface area contributed by atoms with Crippen LogP contribution in [0, 0.1) is 5.92 Å². The van der Waals surface area contributed by atoms with Gasteiger partial charge in [-0.25, -0.2) is 0 Å². The highest BCUT2D eigenvalue weighted by atomic mass is 16.2. The Balaban J connectivity index is 2.34. The first-order chi connectivity index (χ1) is 9.49. The minimum Gasteiger partial charge on any atom is -0.355 e. The Hall–Kier alpha value is -1.14. The normalized spacial score (nSPS) is 16.1. The molecule has 0 bridgehead atoms. The summed E-state index contributed by atoms with van der Waals surface area (Å²) in [7, 11) is 3.59. The van der Waals surface area contributed by atoms with Crippen LogP contribution in [0.1, 0.15) is 26.2 Å². The van der Waals surface area contributed by atoms with Gasteiger partial charge in [-0.15, -0.1) is 0 Å². The summed E-state index contributed by atoms with van der Waals surface area (Å²) in [4.78, 5) is 27.2. The van der Waals surface area contributed by atoms with Crippen molar-refractivity contribution in [2.24, 2.45) is 11.7 Å². The van der Waals surface area contributed by atoms with E-state index in [0.717, 1.165) is 6.42 Å². The van der Waals surface area contributed by atoms with Gasteiger partial charge >= 0.3 is 0 Å². The lowest BCUT2D eigenvalue weighted by molar-refractivity contribution is -0.135. The van der Waals surface area contributed by atoms with Gasteiger partial charge in [0.05, 0.1) is 13.1 Å². The van der Waals surface area contributed by atoms with Crippen LogP contribution in [-0.2, 0) is 9.59 Å². The van der Waals surface area contributed by atoms with Crippen molar-refractivity contribution in [3.8, 4) is 0 Å². The molecular formula is C14H28N4O2. The fourth-order valence-electron chi connectivity index (χ4n) is 2.29. The van der Waals surface area contributed by atoms with E-state index in [2.05, 4.69) is 5.32 Å². The highest BCUT2D eigenvalue weighted by Gasteiger charge is 2.33. The van der Waals surface area contributed by atoms with E-state index in [1.165, 1.54) is 17.7 Å². The van der Waals surface area contributed by atoms with Crippen molar-refractivity contribution in [1.29, 1.82) is 0 Å². The molecule has 1 rings (SSSR count). The second-order valence-electron chi connectivity index (χ2n) is 5.66. The summed E-state index contributed by atoms with van der Waals surface area (Å²) in [6.45, 7) is 3.65. The van der Waals surface area contributed by atoms with Gasteiger partial charge in [-0.1, -0.05) is 6.92 Å². The molecular weight excluding hydrogens is 256 g/mol. The molecule has 3 N–H and O–H groups in total. The van der Waals surface area contributed by atoms with Gasteiger partial charge in [0.25, 0.3) is 0 Å². The summed E-state index contributed by atoms with van der Waals surface area (Å²) in [5, 5.41) is 2.77. The zero-order chi connectivity index (χ0) is 15.1. The van der Waals surface area contributed by atoms with E-state index >= 15 is 0 Å².